The molecule has 0 unspecified atom stereocenters. The van der Waals surface area contributed by atoms with Gasteiger partial charge in [0.2, 0.25) is 0 Å². The summed E-state index contributed by atoms with van der Waals surface area (Å²) in [5.74, 6) is -2.11. The summed E-state index contributed by atoms with van der Waals surface area (Å²) < 4.78 is 0. The zero-order chi connectivity index (χ0) is 18.4. The molecule has 3 rings (SSSR count). The summed E-state index contributed by atoms with van der Waals surface area (Å²) >= 11 is 0. The summed E-state index contributed by atoms with van der Waals surface area (Å²) in [6, 6.07) is 14.8. The van der Waals surface area contributed by atoms with Crippen LogP contribution < -0.4 is 0 Å². The first-order chi connectivity index (χ1) is 11.9. The molecule has 1 aliphatic heterocycles. The van der Waals surface area contributed by atoms with Crippen LogP contribution in [0, 0.1) is 0 Å². The molecule has 0 radical (unpaired) electrons. The molecule has 2 N–H and O–H groups in total. The van der Waals surface area contributed by atoms with E-state index >= 15 is 0 Å². The lowest BCUT2D eigenvalue weighted by molar-refractivity contribution is -0.171. The SMILES string of the molecule is O=C(O)c1ccc(C(=O)c2ccccc2)cc1.O=C1CCC(=O)N1O. The van der Waals surface area contributed by atoms with Crippen LogP contribution in [0.3, 0.4) is 0 Å². The fourth-order valence-corrected chi connectivity index (χ4v) is 2.09. The summed E-state index contributed by atoms with van der Waals surface area (Å²) in [7, 11) is 0. The van der Waals surface area contributed by atoms with Gasteiger partial charge in [0.25, 0.3) is 11.8 Å². The van der Waals surface area contributed by atoms with Gasteiger partial charge in [-0.2, -0.15) is 5.06 Å². The van der Waals surface area contributed by atoms with Crippen molar-refractivity contribution < 1.29 is 29.5 Å². The van der Waals surface area contributed by atoms with Crippen molar-refractivity contribution in [3.63, 3.8) is 0 Å². The monoisotopic (exact) mass is 341 g/mol. The third-order valence-electron chi connectivity index (χ3n) is 3.46. The van der Waals surface area contributed by atoms with E-state index < -0.39 is 17.8 Å². The van der Waals surface area contributed by atoms with Gasteiger partial charge in [-0.3, -0.25) is 19.6 Å². The van der Waals surface area contributed by atoms with Crippen molar-refractivity contribution in [2.75, 3.05) is 0 Å². The number of imide groups is 1. The highest BCUT2D eigenvalue weighted by Gasteiger charge is 2.26. The molecule has 1 saturated heterocycles. The molecule has 1 heterocycles. The van der Waals surface area contributed by atoms with Gasteiger partial charge < -0.3 is 5.11 Å². The van der Waals surface area contributed by atoms with Gasteiger partial charge >= 0.3 is 5.97 Å². The first-order valence-electron chi connectivity index (χ1n) is 7.38. The smallest absolute Gasteiger partial charge is 0.335 e. The maximum atomic E-state index is 12.0. The van der Waals surface area contributed by atoms with Crippen LogP contribution in [0.4, 0.5) is 0 Å². The molecular formula is C18H15NO6. The average molecular weight is 341 g/mol. The van der Waals surface area contributed by atoms with Crippen LogP contribution in [0.2, 0.25) is 0 Å². The lowest BCUT2D eigenvalue weighted by Gasteiger charge is -2.01. The van der Waals surface area contributed by atoms with Crippen molar-refractivity contribution in [3.05, 3.63) is 71.3 Å². The summed E-state index contributed by atoms with van der Waals surface area (Å²) in [6.07, 6.45) is 0.296. The first kappa shape index (κ1) is 18.0. The highest BCUT2D eigenvalue weighted by Crippen LogP contribution is 2.11. The Labute approximate surface area is 143 Å². The Bertz CT molecular complexity index is 782. The van der Waals surface area contributed by atoms with Crippen molar-refractivity contribution in [2.45, 2.75) is 12.8 Å². The molecule has 0 aromatic heterocycles. The van der Waals surface area contributed by atoms with E-state index in [2.05, 4.69) is 0 Å². The number of amides is 2. The molecule has 0 atom stereocenters. The zero-order valence-electron chi connectivity index (χ0n) is 13.1. The van der Waals surface area contributed by atoms with Crippen molar-refractivity contribution in [1.29, 1.82) is 0 Å². The number of carbonyl (C=O) groups excluding carboxylic acids is 3. The third-order valence-corrected chi connectivity index (χ3v) is 3.46. The van der Waals surface area contributed by atoms with Gasteiger partial charge in [0.05, 0.1) is 5.56 Å². The Balaban J connectivity index is 0.000000236. The van der Waals surface area contributed by atoms with E-state index in [1.165, 1.54) is 24.3 Å². The third kappa shape index (κ3) is 4.58. The van der Waals surface area contributed by atoms with E-state index in [1.807, 2.05) is 6.07 Å². The van der Waals surface area contributed by atoms with Gasteiger partial charge in [-0.25, -0.2) is 4.79 Å². The van der Waals surface area contributed by atoms with Crippen LogP contribution in [-0.4, -0.2) is 38.9 Å². The fourth-order valence-electron chi connectivity index (χ4n) is 2.09. The summed E-state index contributed by atoms with van der Waals surface area (Å²) in [4.78, 5) is 43.1. The van der Waals surface area contributed by atoms with E-state index in [4.69, 9.17) is 10.3 Å². The van der Waals surface area contributed by atoms with E-state index in [-0.39, 0.29) is 29.3 Å². The highest BCUT2D eigenvalue weighted by molar-refractivity contribution is 6.09. The van der Waals surface area contributed by atoms with Crippen molar-refractivity contribution >= 4 is 23.6 Å². The number of benzene rings is 2. The number of hydroxylamine groups is 2. The van der Waals surface area contributed by atoms with E-state index in [0.717, 1.165) is 0 Å². The predicted octanol–water partition coefficient (Wildman–Crippen LogP) is 2.14. The van der Waals surface area contributed by atoms with E-state index in [9.17, 15) is 19.2 Å². The number of nitrogens with zero attached hydrogens (tertiary/aromatic N) is 1. The first-order valence-corrected chi connectivity index (χ1v) is 7.38. The molecule has 7 heteroatoms. The number of hydrogen-bond donors (Lipinski definition) is 2. The molecule has 1 aliphatic rings. The van der Waals surface area contributed by atoms with Gasteiger partial charge in [0, 0.05) is 24.0 Å². The van der Waals surface area contributed by atoms with Gasteiger partial charge in [-0.1, -0.05) is 42.5 Å². The Morgan fingerprint density at radius 1 is 0.760 bits per heavy atom. The van der Waals surface area contributed by atoms with Crippen molar-refractivity contribution in [1.82, 2.24) is 5.06 Å². The average Bonchev–Trinajstić information content (AvgIpc) is 2.93. The van der Waals surface area contributed by atoms with Gasteiger partial charge in [-0.05, 0) is 12.1 Å². The van der Waals surface area contributed by atoms with Crippen LogP contribution in [-0.2, 0) is 9.59 Å². The van der Waals surface area contributed by atoms with Crippen LogP contribution in [0.1, 0.15) is 39.1 Å². The van der Waals surface area contributed by atoms with Gasteiger partial charge in [-0.15, -0.1) is 0 Å². The molecule has 0 aliphatic carbocycles. The maximum absolute atomic E-state index is 12.0. The predicted molar refractivity (Wildman–Crippen MR) is 86.1 cm³/mol. The molecule has 1 fully saturated rings. The Morgan fingerprint density at radius 3 is 1.60 bits per heavy atom. The van der Waals surface area contributed by atoms with Crippen molar-refractivity contribution in [3.8, 4) is 0 Å². The molecule has 0 spiro atoms. The van der Waals surface area contributed by atoms with Crippen LogP contribution >= 0.6 is 0 Å². The second-order valence-corrected chi connectivity index (χ2v) is 5.18. The minimum atomic E-state index is -0.997. The minimum absolute atomic E-state index is 0.109. The number of hydrogen-bond acceptors (Lipinski definition) is 5. The van der Waals surface area contributed by atoms with Gasteiger partial charge in [0.1, 0.15) is 0 Å². The Hall–Kier alpha value is -3.32. The molecule has 0 saturated carbocycles. The van der Waals surface area contributed by atoms with Crippen LogP contribution in [0.25, 0.3) is 0 Å². The number of ketones is 1. The summed E-state index contributed by atoms with van der Waals surface area (Å²) in [5.41, 5.74) is 1.26. The number of carboxylic acids is 1. The Kier molecular flexibility index (Phi) is 5.75. The van der Waals surface area contributed by atoms with E-state index in [1.54, 1.807) is 24.3 Å². The fraction of sp³-hybridized carbons (Fsp3) is 0.111. The molecule has 7 nitrogen and oxygen atoms in total. The molecule has 25 heavy (non-hydrogen) atoms. The molecule has 128 valence electrons. The Morgan fingerprint density at radius 2 is 1.20 bits per heavy atom. The number of carbonyl (C=O) groups is 4. The topological polar surface area (TPSA) is 112 Å². The number of carboxylic acid groups (broad SMARTS) is 1. The lowest BCUT2D eigenvalue weighted by atomic mass is 10.0. The second-order valence-electron chi connectivity index (χ2n) is 5.18. The standard InChI is InChI=1S/C14H10O3.C4H5NO3/c15-13(10-4-2-1-3-5-10)11-6-8-12(9-7-11)14(16)17;6-3-1-2-4(7)5(3)8/h1-9H,(H,16,17);8H,1-2H2. The minimum Gasteiger partial charge on any atom is -0.478 e. The maximum Gasteiger partial charge on any atom is 0.335 e. The number of aromatic carboxylic acids is 1. The highest BCUT2D eigenvalue weighted by atomic mass is 16.5. The quantitative estimate of drug-likeness (QED) is 0.502. The molecule has 2 aromatic rings. The second kappa shape index (κ2) is 7.98. The molecule has 2 amide bonds. The van der Waals surface area contributed by atoms with Crippen molar-refractivity contribution in [2.24, 2.45) is 0 Å². The van der Waals surface area contributed by atoms with E-state index in [0.29, 0.717) is 11.1 Å². The number of rotatable bonds is 3. The molecule has 0 bridgehead atoms. The summed E-state index contributed by atoms with van der Waals surface area (Å²) in [5, 5.41) is 17.3. The normalized spacial score (nSPS) is 13.2. The zero-order valence-corrected chi connectivity index (χ0v) is 13.1. The van der Waals surface area contributed by atoms with Gasteiger partial charge in [0.15, 0.2) is 5.78 Å². The molecule has 2 aromatic carbocycles. The van der Waals surface area contributed by atoms with Crippen LogP contribution in [0.5, 0.6) is 0 Å². The molecular weight excluding hydrogens is 326 g/mol. The lowest BCUT2D eigenvalue weighted by Crippen LogP contribution is -2.24. The summed E-state index contributed by atoms with van der Waals surface area (Å²) in [6.45, 7) is 0. The largest absolute Gasteiger partial charge is 0.478 e. The van der Waals surface area contributed by atoms with Crippen LogP contribution in [0.15, 0.2) is 54.6 Å².